The second kappa shape index (κ2) is 7.41. The SMILES string of the molecule is CC(C)NCc1cccc(F)c1OCCc1cccs1. The van der Waals surface area contributed by atoms with Crippen LogP contribution in [0, 0.1) is 5.82 Å². The van der Waals surface area contributed by atoms with E-state index in [1.54, 1.807) is 17.4 Å². The Hall–Kier alpha value is -1.39. The first-order valence-electron chi connectivity index (χ1n) is 6.83. The van der Waals surface area contributed by atoms with Gasteiger partial charge in [-0.15, -0.1) is 11.3 Å². The standard InChI is InChI=1S/C16H20FNOS/c1-12(2)18-11-13-5-3-7-15(17)16(13)19-9-8-14-6-4-10-20-14/h3-7,10,12,18H,8-9,11H2,1-2H3. The van der Waals surface area contributed by atoms with Gasteiger partial charge < -0.3 is 10.1 Å². The molecule has 1 heterocycles. The average Bonchev–Trinajstić information content (AvgIpc) is 2.92. The number of benzene rings is 1. The minimum atomic E-state index is -0.292. The number of rotatable bonds is 7. The van der Waals surface area contributed by atoms with Gasteiger partial charge in [-0.1, -0.05) is 32.0 Å². The smallest absolute Gasteiger partial charge is 0.165 e. The van der Waals surface area contributed by atoms with Crippen LogP contribution in [-0.2, 0) is 13.0 Å². The molecule has 4 heteroatoms. The van der Waals surface area contributed by atoms with E-state index in [1.807, 2.05) is 17.5 Å². The second-order valence-electron chi connectivity index (χ2n) is 4.94. The molecule has 1 aromatic heterocycles. The Morgan fingerprint density at radius 1 is 1.25 bits per heavy atom. The lowest BCUT2D eigenvalue weighted by Crippen LogP contribution is -2.22. The lowest BCUT2D eigenvalue weighted by Gasteiger charge is -2.14. The highest BCUT2D eigenvalue weighted by atomic mass is 32.1. The summed E-state index contributed by atoms with van der Waals surface area (Å²) in [5.41, 5.74) is 0.866. The summed E-state index contributed by atoms with van der Waals surface area (Å²) in [7, 11) is 0. The molecule has 0 saturated heterocycles. The summed E-state index contributed by atoms with van der Waals surface area (Å²) in [6, 6.07) is 9.51. The van der Waals surface area contributed by atoms with E-state index in [9.17, 15) is 4.39 Å². The molecule has 0 radical (unpaired) electrons. The molecule has 0 bridgehead atoms. The van der Waals surface area contributed by atoms with Crippen molar-refractivity contribution in [1.82, 2.24) is 5.32 Å². The minimum Gasteiger partial charge on any atom is -0.490 e. The first-order valence-corrected chi connectivity index (χ1v) is 7.70. The van der Waals surface area contributed by atoms with Crippen LogP contribution in [0.5, 0.6) is 5.75 Å². The number of hydrogen-bond acceptors (Lipinski definition) is 3. The van der Waals surface area contributed by atoms with Gasteiger partial charge >= 0.3 is 0 Å². The predicted molar refractivity (Wildman–Crippen MR) is 81.9 cm³/mol. The molecule has 108 valence electrons. The highest BCUT2D eigenvalue weighted by Gasteiger charge is 2.10. The fraction of sp³-hybridized carbons (Fsp3) is 0.375. The maximum absolute atomic E-state index is 13.9. The molecule has 0 atom stereocenters. The number of ether oxygens (including phenoxy) is 1. The Balaban J connectivity index is 1.97. The largest absolute Gasteiger partial charge is 0.490 e. The summed E-state index contributed by atoms with van der Waals surface area (Å²) >= 11 is 1.69. The van der Waals surface area contributed by atoms with E-state index in [0.29, 0.717) is 24.9 Å². The fourth-order valence-electron chi connectivity index (χ4n) is 1.88. The molecular formula is C16H20FNOS. The Kier molecular flexibility index (Phi) is 5.56. The van der Waals surface area contributed by atoms with Crippen molar-refractivity contribution in [1.29, 1.82) is 0 Å². The molecule has 0 aliphatic carbocycles. The summed E-state index contributed by atoms with van der Waals surface area (Å²) in [5, 5.41) is 5.33. The first-order chi connectivity index (χ1) is 9.66. The molecule has 2 nitrogen and oxygen atoms in total. The Morgan fingerprint density at radius 3 is 2.80 bits per heavy atom. The van der Waals surface area contributed by atoms with Crippen LogP contribution in [-0.4, -0.2) is 12.6 Å². The van der Waals surface area contributed by atoms with Crippen molar-refractivity contribution in [2.75, 3.05) is 6.61 Å². The van der Waals surface area contributed by atoms with Crippen LogP contribution in [0.2, 0.25) is 0 Å². The lowest BCUT2D eigenvalue weighted by atomic mass is 10.2. The van der Waals surface area contributed by atoms with E-state index in [-0.39, 0.29) is 5.82 Å². The molecule has 0 aliphatic rings. The number of halogens is 1. The third-order valence-electron chi connectivity index (χ3n) is 2.92. The zero-order valence-electron chi connectivity index (χ0n) is 11.9. The summed E-state index contributed by atoms with van der Waals surface area (Å²) in [4.78, 5) is 1.25. The van der Waals surface area contributed by atoms with Gasteiger partial charge in [-0.3, -0.25) is 0 Å². The van der Waals surface area contributed by atoms with Crippen molar-refractivity contribution in [3.05, 3.63) is 52.0 Å². The monoisotopic (exact) mass is 293 g/mol. The molecule has 2 aromatic rings. The Bertz CT molecular complexity index is 525. The van der Waals surface area contributed by atoms with E-state index in [2.05, 4.69) is 25.2 Å². The lowest BCUT2D eigenvalue weighted by molar-refractivity contribution is 0.301. The molecule has 1 N–H and O–H groups in total. The highest BCUT2D eigenvalue weighted by molar-refractivity contribution is 7.09. The van der Waals surface area contributed by atoms with Crippen LogP contribution < -0.4 is 10.1 Å². The van der Waals surface area contributed by atoms with Crippen molar-refractivity contribution >= 4 is 11.3 Å². The van der Waals surface area contributed by atoms with E-state index >= 15 is 0 Å². The molecule has 0 amide bonds. The van der Waals surface area contributed by atoms with Crippen molar-refractivity contribution < 1.29 is 9.13 Å². The summed E-state index contributed by atoms with van der Waals surface area (Å²) in [5.74, 6) is 0.0800. The van der Waals surface area contributed by atoms with Crippen LogP contribution in [0.25, 0.3) is 0 Å². The van der Waals surface area contributed by atoms with Crippen LogP contribution in [0.1, 0.15) is 24.3 Å². The number of hydrogen-bond donors (Lipinski definition) is 1. The molecule has 0 spiro atoms. The minimum absolute atomic E-state index is 0.292. The van der Waals surface area contributed by atoms with Gasteiger partial charge in [0.25, 0.3) is 0 Å². The topological polar surface area (TPSA) is 21.3 Å². The number of thiophene rings is 1. The van der Waals surface area contributed by atoms with E-state index < -0.39 is 0 Å². The van der Waals surface area contributed by atoms with Crippen LogP contribution >= 0.6 is 11.3 Å². The van der Waals surface area contributed by atoms with Crippen molar-refractivity contribution in [2.24, 2.45) is 0 Å². The van der Waals surface area contributed by atoms with E-state index in [4.69, 9.17) is 4.74 Å². The normalized spacial score (nSPS) is 11.0. The zero-order chi connectivity index (χ0) is 14.4. The second-order valence-corrected chi connectivity index (χ2v) is 5.97. The van der Waals surface area contributed by atoms with Crippen molar-refractivity contribution in [3.8, 4) is 5.75 Å². The molecule has 0 unspecified atom stereocenters. The zero-order valence-corrected chi connectivity index (χ0v) is 12.7. The maximum atomic E-state index is 13.9. The van der Waals surface area contributed by atoms with E-state index in [0.717, 1.165) is 12.0 Å². The Morgan fingerprint density at radius 2 is 2.10 bits per heavy atom. The average molecular weight is 293 g/mol. The van der Waals surface area contributed by atoms with Crippen molar-refractivity contribution in [3.63, 3.8) is 0 Å². The van der Waals surface area contributed by atoms with Gasteiger partial charge in [-0.05, 0) is 17.5 Å². The third kappa shape index (κ3) is 4.32. The van der Waals surface area contributed by atoms with Gasteiger partial charge in [0.1, 0.15) is 0 Å². The quantitative estimate of drug-likeness (QED) is 0.833. The highest BCUT2D eigenvalue weighted by Crippen LogP contribution is 2.23. The van der Waals surface area contributed by atoms with Gasteiger partial charge in [0, 0.05) is 29.4 Å². The van der Waals surface area contributed by atoms with Gasteiger partial charge in [0.05, 0.1) is 6.61 Å². The van der Waals surface area contributed by atoms with Gasteiger partial charge in [0.15, 0.2) is 11.6 Å². The fourth-order valence-corrected chi connectivity index (χ4v) is 2.57. The molecule has 0 fully saturated rings. The Labute approximate surface area is 123 Å². The number of nitrogens with one attached hydrogen (secondary N) is 1. The molecule has 20 heavy (non-hydrogen) atoms. The van der Waals surface area contributed by atoms with Crippen LogP contribution in [0.3, 0.4) is 0 Å². The summed E-state index contributed by atoms with van der Waals surface area (Å²) in [6.45, 7) is 5.24. The molecule has 1 aromatic carbocycles. The maximum Gasteiger partial charge on any atom is 0.165 e. The third-order valence-corrected chi connectivity index (χ3v) is 3.86. The summed E-state index contributed by atoms with van der Waals surface area (Å²) < 4.78 is 19.6. The number of para-hydroxylation sites is 1. The van der Waals surface area contributed by atoms with Gasteiger partial charge in [0.2, 0.25) is 0 Å². The molecule has 0 aliphatic heterocycles. The molecule has 2 rings (SSSR count). The van der Waals surface area contributed by atoms with Crippen LogP contribution in [0.4, 0.5) is 4.39 Å². The summed E-state index contributed by atoms with van der Waals surface area (Å²) in [6.07, 6.45) is 0.809. The first kappa shape index (κ1) is 15.0. The van der Waals surface area contributed by atoms with Crippen molar-refractivity contribution in [2.45, 2.75) is 32.9 Å². The molecular weight excluding hydrogens is 273 g/mol. The van der Waals surface area contributed by atoms with Gasteiger partial charge in [-0.2, -0.15) is 0 Å². The van der Waals surface area contributed by atoms with Gasteiger partial charge in [-0.25, -0.2) is 4.39 Å². The predicted octanol–water partition coefficient (Wildman–Crippen LogP) is 4.01. The molecule has 0 saturated carbocycles. The van der Waals surface area contributed by atoms with Crippen LogP contribution in [0.15, 0.2) is 35.7 Å². The van der Waals surface area contributed by atoms with E-state index in [1.165, 1.54) is 10.9 Å².